The lowest BCUT2D eigenvalue weighted by Gasteiger charge is -2.29. The molecule has 0 aliphatic heterocycles. The van der Waals surface area contributed by atoms with Gasteiger partial charge in [-0.2, -0.15) is 5.26 Å². The number of aromatic nitrogens is 2. The molecule has 8 heteroatoms. The normalized spacial score (nSPS) is 18.6. The number of hydrogen-bond donors (Lipinski definition) is 1. The minimum atomic E-state index is -0.165. The van der Waals surface area contributed by atoms with E-state index in [4.69, 9.17) is 19.5 Å². The van der Waals surface area contributed by atoms with Crippen molar-refractivity contribution in [2.75, 3.05) is 14.2 Å². The number of hydrogen-bond acceptors (Lipinski definition) is 7. The van der Waals surface area contributed by atoms with Gasteiger partial charge < -0.3 is 19.5 Å². The van der Waals surface area contributed by atoms with Crippen LogP contribution >= 0.6 is 0 Å². The first-order valence-corrected chi connectivity index (χ1v) is 9.04. The van der Waals surface area contributed by atoms with Crippen LogP contribution in [0.3, 0.4) is 0 Å². The smallest absolute Gasteiger partial charge is 0.251 e. The molecule has 2 aromatic rings. The molecule has 3 rings (SSSR count). The molecule has 146 valence electrons. The number of benzene rings is 1. The van der Waals surface area contributed by atoms with Crippen LogP contribution in [0.4, 0.5) is 0 Å². The predicted molar refractivity (Wildman–Crippen MR) is 100 cm³/mol. The second kappa shape index (κ2) is 9.04. The first-order valence-electron chi connectivity index (χ1n) is 9.04. The molecule has 0 spiro atoms. The summed E-state index contributed by atoms with van der Waals surface area (Å²) in [6.45, 7) is 0. The van der Waals surface area contributed by atoms with Crippen LogP contribution in [0.25, 0.3) is 0 Å². The van der Waals surface area contributed by atoms with Gasteiger partial charge >= 0.3 is 0 Å². The Kier molecular flexibility index (Phi) is 6.27. The van der Waals surface area contributed by atoms with Gasteiger partial charge in [0.1, 0.15) is 23.7 Å². The number of amides is 1. The molecule has 1 heterocycles. The fourth-order valence-corrected chi connectivity index (χ4v) is 3.18. The molecule has 1 amide bonds. The van der Waals surface area contributed by atoms with Crippen molar-refractivity contribution in [2.24, 2.45) is 0 Å². The Morgan fingerprint density at radius 2 is 1.71 bits per heavy atom. The van der Waals surface area contributed by atoms with Gasteiger partial charge in [0.05, 0.1) is 14.2 Å². The second-order valence-corrected chi connectivity index (χ2v) is 6.49. The summed E-state index contributed by atoms with van der Waals surface area (Å²) in [5.41, 5.74) is 0.678. The lowest BCUT2D eigenvalue weighted by Crippen LogP contribution is -2.39. The summed E-state index contributed by atoms with van der Waals surface area (Å²) in [6, 6.07) is 7.13. The van der Waals surface area contributed by atoms with E-state index < -0.39 is 0 Å². The summed E-state index contributed by atoms with van der Waals surface area (Å²) in [6.07, 6.45) is 5.99. The Morgan fingerprint density at radius 3 is 2.32 bits per heavy atom. The van der Waals surface area contributed by atoms with Gasteiger partial charge in [-0.05, 0) is 37.8 Å². The maximum atomic E-state index is 12.6. The van der Waals surface area contributed by atoms with Crippen molar-refractivity contribution in [1.29, 1.82) is 5.26 Å². The number of methoxy groups -OCH3 is 2. The lowest BCUT2D eigenvalue weighted by atomic mass is 9.92. The highest BCUT2D eigenvalue weighted by Gasteiger charge is 2.25. The van der Waals surface area contributed by atoms with Gasteiger partial charge in [0.2, 0.25) is 5.69 Å². The van der Waals surface area contributed by atoms with E-state index >= 15 is 0 Å². The van der Waals surface area contributed by atoms with Crippen LogP contribution in [0.15, 0.2) is 30.6 Å². The van der Waals surface area contributed by atoms with Gasteiger partial charge in [0.15, 0.2) is 0 Å². The largest absolute Gasteiger partial charge is 0.497 e. The molecule has 0 unspecified atom stereocenters. The summed E-state index contributed by atoms with van der Waals surface area (Å²) in [7, 11) is 3.10. The second-order valence-electron chi connectivity index (χ2n) is 6.49. The highest BCUT2D eigenvalue weighted by molar-refractivity contribution is 5.95. The van der Waals surface area contributed by atoms with E-state index in [-0.39, 0.29) is 29.6 Å². The summed E-state index contributed by atoms with van der Waals surface area (Å²) in [4.78, 5) is 20.6. The molecule has 1 aromatic heterocycles. The predicted octanol–water partition coefficient (Wildman–Crippen LogP) is 2.49. The van der Waals surface area contributed by atoms with Crippen LogP contribution in [-0.2, 0) is 0 Å². The first-order chi connectivity index (χ1) is 13.6. The van der Waals surface area contributed by atoms with Crippen molar-refractivity contribution in [3.05, 3.63) is 41.9 Å². The number of carbonyl (C=O) groups is 1. The fourth-order valence-electron chi connectivity index (χ4n) is 3.18. The zero-order valence-corrected chi connectivity index (χ0v) is 15.8. The van der Waals surface area contributed by atoms with E-state index in [0.29, 0.717) is 17.1 Å². The van der Waals surface area contributed by atoms with E-state index in [9.17, 15) is 4.79 Å². The van der Waals surface area contributed by atoms with Crippen molar-refractivity contribution in [3.8, 4) is 23.4 Å². The van der Waals surface area contributed by atoms with Crippen molar-refractivity contribution in [2.45, 2.75) is 37.8 Å². The van der Waals surface area contributed by atoms with E-state index in [0.717, 1.165) is 25.7 Å². The molecule has 1 aliphatic rings. The van der Waals surface area contributed by atoms with E-state index in [2.05, 4.69) is 15.3 Å². The number of nitriles is 1. The molecule has 1 saturated carbocycles. The van der Waals surface area contributed by atoms with Crippen LogP contribution in [0, 0.1) is 11.3 Å². The highest BCUT2D eigenvalue weighted by Crippen LogP contribution is 2.25. The number of nitrogens with zero attached hydrogens (tertiary/aromatic N) is 3. The molecular weight excluding hydrogens is 360 g/mol. The Labute approximate surface area is 163 Å². The molecule has 0 atom stereocenters. The minimum Gasteiger partial charge on any atom is -0.497 e. The van der Waals surface area contributed by atoms with E-state index in [1.165, 1.54) is 12.4 Å². The topological polar surface area (TPSA) is 106 Å². The SMILES string of the molecule is COc1cc(OC)cc(C(=O)NC2CCC(Oc3nccnc3C#N)CC2)c1. The Balaban J connectivity index is 1.56. The minimum absolute atomic E-state index is 0.0473. The van der Waals surface area contributed by atoms with E-state index in [1.807, 2.05) is 6.07 Å². The fraction of sp³-hybridized carbons (Fsp3) is 0.400. The van der Waals surface area contributed by atoms with Crippen molar-refractivity contribution < 1.29 is 19.0 Å². The zero-order chi connectivity index (χ0) is 19.9. The van der Waals surface area contributed by atoms with E-state index in [1.54, 1.807) is 32.4 Å². The van der Waals surface area contributed by atoms with Gasteiger partial charge in [-0.3, -0.25) is 4.79 Å². The third-order valence-corrected chi connectivity index (χ3v) is 4.67. The third kappa shape index (κ3) is 4.68. The number of nitrogens with one attached hydrogen (secondary N) is 1. The highest BCUT2D eigenvalue weighted by atomic mass is 16.5. The molecule has 1 N–H and O–H groups in total. The Bertz CT molecular complexity index is 850. The van der Waals surface area contributed by atoms with Crippen LogP contribution in [0.1, 0.15) is 41.7 Å². The van der Waals surface area contributed by atoms with Gasteiger partial charge in [-0.25, -0.2) is 9.97 Å². The summed E-state index contributed by atoms with van der Waals surface area (Å²) in [5.74, 6) is 1.24. The van der Waals surface area contributed by atoms with Gasteiger partial charge in [0, 0.05) is 30.1 Å². The maximum absolute atomic E-state index is 12.6. The van der Waals surface area contributed by atoms with Crippen molar-refractivity contribution in [3.63, 3.8) is 0 Å². The quantitative estimate of drug-likeness (QED) is 0.818. The van der Waals surface area contributed by atoms with Gasteiger partial charge in [-0.15, -0.1) is 0 Å². The Hall–Kier alpha value is -3.34. The molecule has 1 aromatic carbocycles. The average molecular weight is 382 g/mol. The molecule has 28 heavy (non-hydrogen) atoms. The lowest BCUT2D eigenvalue weighted by molar-refractivity contribution is 0.0889. The number of ether oxygens (including phenoxy) is 3. The third-order valence-electron chi connectivity index (χ3n) is 4.67. The molecule has 0 saturated heterocycles. The molecular formula is C20H22N4O4. The summed E-state index contributed by atoms with van der Waals surface area (Å²) in [5, 5.41) is 12.1. The zero-order valence-electron chi connectivity index (χ0n) is 15.8. The standard InChI is InChI=1S/C20H22N4O4/c1-26-16-9-13(10-17(11-16)27-2)19(25)24-14-3-5-15(6-4-14)28-20-18(12-21)22-7-8-23-20/h7-11,14-15H,3-6H2,1-2H3,(H,24,25). The Morgan fingerprint density at radius 1 is 1.07 bits per heavy atom. The maximum Gasteiger partial charge on any atom is 0.251 e. The van der Waals surface area contributed by atoms with Gasteiger partial charge in [-0.1, -0.05) is 0 Å². The number of rotatable bonds is 6. The van der Waals surface area contributed by atoms with Crippen LogP contribution in [0.2, 0.25) is 0 Å². The summed E-state index contributed by atoms with van der Waals surface area (Å²) >= 11 is 0. The van der Waals surface area contributed by atoms with Crippen LogP contribution in [0.5, 0.6) is 17.4 Å². The summed E-state index contributed by atoms with van der Waals surface area (Å²) < 4.78 is 16.3. The van der Waals surface area contributed by atoms with Crippen molar-refractivity contribution >= 4 is 5.91 Å². The number of carbonyl (C=O) groups excluding carboxylic acids is 1. The van der Waals surface area contributed by atoms with Gasteiger partial charge in [0.25, 0.3) is 11.8 Å². The first kappa shape index (κ1) is 19.4. The molecule has 1 aliphatic carbocycles. The molecule has 1 fully saturated rings. The van der Waals surface area contributed by atoms with Crippen LogP contribution < -0.4 is 19.5 Å². The molecule has 0 radical (unpaired) electrons. The monoisotopic (exact) mass is 382 g/mol. The average Bonchev–Trinajstić information content (AvgIpc) is 2.75. The van der Waals surface area contributed by atoms with Crippen LogP contribution in [-0.4, -0.2) is 42.2 Å². The van der Waals surface area contributed by atoms with Crippen molar-refractivity contribution in [1.82, 2.24) is 15.3 Å². The molecule has 8 nitrogen and oxygen atoms in total. The molecule has 0 bridgehead atoms.